The van der Waals surface area contributed by atoms with E-state index in [0.29, 0.717) is 5.75 Å². The first kappa shape index (κ1) is 12.2. The zero-order chi connectivity index (χ0) is 12.0. The summed E-state index contributed by atoms with van der Waals surface area (Å²) in [6, 6.07) is 8.00. The van der Waals surface area contributed by atoms with Crippen LogP contribution in [0.3, 0.4) is 0 Å². The van der Waals surface area contributed by atoms with E-state index in [4.69, 9.17) is 16.2 Å². The summed E-state index contributed by atoms with van der Waals surface area (Å²) >= 11 is 0. The summed E-state index contributed by atoms with van der Waals surface area (Å²) in [6.45, 7) is -0.154. The number of ether oxygens (including phenoxy) is 1. The van der Waals surface area contributed by atoms with Crippen LogP contribution in [-0.2, 0) is 9.59 Å². The molecule has 0 bridgehead atoms. The van der Waals surface area contributed by atoms with Gasteiger partial charge in [0, 0.05) is 6.42 Å². The molecule has 0 aliphatic rings. The van der Waals surface area contributed by atoms with Gasteiger partial charge in [-0.15, -0.1) is 0 Å². The second kappa shape index (κ2) is 5.87. The van der Waals surface area contributed by atoms with Gasteiger partial charge in [0.2, 0.25) is 5.91 Å². The highest BCUT2D eigenvalue weighted by molar-refractivity contribution is 5.89. The van der Waals surface area contributed by atoms with Crippen LogP contribution in [0.15, 0.2) is 30.3 Å². The quantitative estimate of drug-likeness (QED) is 0.699. The number of para-hydroxylation sites is 1. The summed E-state index contributed by atoms with van der Waals surface area (Å²) < 4.78 is 5.19. The molecular weight excluding hydrogens is 208 g/mol. The molecule has 0 aromatic heterocycles. The number of benzene rings is 1. The maximum atomic E-state index is 11.4. The summed E-state index contributed by atoms with van der Waals surface area (Å²) in [4.78, 5) is 21.9. The Morgan fingerprint density at radius 3 is 2.44 bits per heavy atom. The van der Waals surface area contributed by atoms with Crippen LogP contribution in [0.25, 0.3) is 0 Å². The van der Waals surface area contributed by atoms with Crippen LogP contribution in [0.5, 0.6) is 5.75 Å². The molecule has 1 amide bonds. The van der Waals surface area contributed by atoms with Gasteiger partial charge in [-0.1, -0.05) is 18.2 Å². The molecule has 5 heteroatoms. The number of hydrogen-bond donors (Lipinski definition) is 2. The SMILES string of the molecule is NC(=O)C[C@@H](N)C(=O)COc1ccccc1. The van der Waals surface area contributed by atoms with Crippen molar-refractivity contribution >= 4 is 11.7 Å². The van der Waals surface area contributed by atoms with Gasteiger partial charge >= 0.3 is 0 Å². The molecule has 0 saturated carbocycles. The van der Waals surface area contributed by atoms with E-state index in [2.05, 4.69) is 0 Å². The number of Topliss-reactive ketones (excluding diaryl/α,β-unsaturated/α-hetero) is 1. The molecule has 1 aromatic rings. The highest BCUT2D eigenvalue weighted by Crippen LogP contribution is 2.08. The van der Waals surface area contributed by atoms with Crippen molar-refractivity contribution in [1.29, 1.82) is 0 Å². The minimum absolute atomic E-state index is 0.154. The second-order valence-corrected chi connectivity index (χ2v) is 3.34. The van der Waals surface area contributed by atoms with Gasteiger partial charge in [0.15, 0.2) is 5.78 Å². The van der Waals surface area contributed by atoms with Gasteiger partial charge in [0.1, 0.15) is 12.4 Å². The molecule has 0 spiro atoms. The van der Waals surface area contributed by atoms with Gasteiger partial charge in [-0.25, -0.2) is 0 Å². The Labute approximate surface area is 93.4 Å². The van der Waals surface area contributed by atoms with Gasteiger partial charge < -0.3 is 16.2 Å². The Hall–Kier alpha value is -1.88. The molecule has 0 unspecified atom stereocenters. The molecule has 86 valence electrons. The van der Waals surface area contributed by atoms with E-state index in [0.717, 1.165) is 0 Å². The fourth-order valence-corrected chi connectivity index (χ4v) is 1.11. The molecule has 1 atom stereocenters. The fourth-order valence-electron chi connectivity index (χ4n) is 1.11. The van der Waals surface area contributed by atoms with Crippen LogP contribution in [0.1, 0.15) is 6.42 Å². The molecule has 0 aliphatic heterocycles. The summed E-state index contributed by atoms with van der Waals surface area (Å²) in [5.74, 6) is -0.356. The molecule has 0 saturated heterocycles. The zero-order valence-corrected chi connectivity index (χ0v) is 8.76. The van der Waals surface area contributed by atoms with Crippen LogP contribution in [0.2, 0.25) is 0 Å². The number of carbonyl (C=O) groups is 2. The number of primary amides is 1. The second-order valence-electron chi connectivity index (χ2n) is 3.34. The molecule has 0 heterocycles. The van der Waals surface area contributed by atoms with Crippen molar-refractivity contribution in [1.82, 2.24) is 0 Å². The lowest BCUT2D eigenvalue weighted by atomic mass is 10.1. The maximum Gasteiger partial charge on any atom is 0.219 e. The summed E-state index contributed by atoms with van der Waals surface area (Å²) in [5.41, 5.74) is 10.4. The van der Waals surface area contributed by atoms with Crippen molar-refractivity contribution in [2.24, 2.45) is 11.5 Å². The highest BCUT2D eigenvalue weighted by atomic mass is 16.5. The van der Waals surface area contributed by atoms with Gasteiger partial charge in [-0.2, -0.15) is 0 Å². The van der Waals surface area contributed by atoms with Crippen LogP contribution in [0.4, 0.5) is 0 Å². The Balaban J connectivity index is 2.38. The van der Waals surface area contributed by atoms with Crippen molar-refractivity contribution in [3.8, 4) is 5.75 Å². The average Bonchev–Trinajstić information content (AvgIpc) is 2.26. The van der Waals surface area contributed by atoms with Crippen molar-refractivity contribution in [2.75, 3.05) is 6.61 Å². The number of amides is 1. The van der Waals surface area contributed by atoms with Gasteiger partial charge in [-0.05, 0) is 12.1 Å². The van der Waals surface area contributed by atoms with Crippen LogP contribution in [0, 0.1) is 0 Å². The monoisotopic (exact) mass is 222 g/mol. The molecular formula is C11H14N2O3. The normalized spacial score (nSPS) is 11.8. The van der Waals surface area contributed by atoms with E-state index in [1.165, 1.54) is 0 Å². The summed E-state index contributed by atoms with van der Waals surface area (Å²) in [5, 5.41) is 0. The first-order valence-corrected chi connectivity index (χ1v) is 4.84. The van der Waals surface area contributed by atoms with Crippen molar-refractivity contribution < 1.29 is 14.3 Å². The largest absolute Gasteiger partial charge is 0.486 e. The van der Waals surface area contributed by atoms with E-state index in [-0.39, 0.29) is 18.8 Å². The first-order chi connectivity index (χ1) is 7.59. The van der Waals surface area contributed by atoms with Crippen molar-refractivity contribution in [3.63, 3.8) is 0 Å². The maximum absolute atomic E-state index is 11.4. The van der Waals surface area contributed by atoms with Gasteiger partial charge in [-0.3, -0.25) is 9.59 Å². The van der Waals surface area contributed by atoms with E-state index in [1.807, 2.05) is 6.07 Å². The van der Waals surface area contributed by atoms with E-state index >= 15 is 0 Å². The van der Waals surface area contributed by atoms with Crippen molar-refractivity contribution in [2.45, 2.75) is 12.5 Å². The summed E-state index contributed by atoms with van der Waals surface area (Å²) in [6.07, 6.45) is -0.156. The molecule has 16 heavy (non-hydrogen) atoms. The minimum atomic E-state index is -0.888. The minimum Gasteiger partial charge on any atom is -0.486 e. The number of ketones is 1. The smallest absolute Gasteiger partial charge is 0.219 e. The first-order valence-electron chi connectivity index (χ1n) is 4.84. The number of hydrogen-bond acceptors (Lipinski definition) is 4. The summed E-state index contributed by atoms with van der Waals surface area (Å²) in [7, 11) is 0. The molecule has 1 rings (SSSR count). The average molecular weight is 222 g/mol. The van der Waals surface area contributed by atoms with Crippen LogP contribution in [-0.4, -0.2) is 24.3 Å². The molecule has 0 radical (unpaired) electrons. The number of rotatable bonds is 6. The lowest BCUT2D eigenvalue weighted by Gasteiger charge is -2.09. The van der Waals surface area contributed by atoms with E-state index in [1.54, 1.807) is 24.3 Å². The topological polar surface area (TPSA) is 95.4 Å². The Kier molecular flexibility index (Phi) is 4.47. The number of carbonyl (C=O) groups excluding carboxylic acids is 2. The van der Waals surface area contributed by atoms with Gasteiger partial charge in [0.05, 0.1) is 6.04 Å². The molecule has 0 aliphatic carbocycles. The number of nitrogens with two attached hydrogens (primary N) is 2. The van der Waals surface area contributed by atoms with Crippen molar-refractivity contribution in [3.05, 3.63) is 30.3 Å². The third-order valence-corrected chi connectivity index (χ3v) is 1.96. The zero-order valence-electron chi connectivity index (χ0n) is 8.76. The Bertz CT molecular complexity index is 365. The lowest BCUT2D eigenvalue weighted by Crippen LogP contribution is -2.37. The fraction of sp³-hybridized carbons (Fsp3) is 0.273. The third-order valence-electron chi connectivity index (χ3n) is 1.96. The van der Waals surface area contributed by atoms with E-state index < -0.39 is 11.9 Å². The Morgan fingerprint density at radius 2 is 1.88 bits per heavy atom. The lowest BCUT2D eigenvalue weighted by molar-refractivity contribution is -0.126. The Morgan fingerprint density at radius 1 is 1.25 bits per heavy atom. The molecule has 4 N–H and O–H groups in total. The van der Waals surface area contributed by atoms with Crippen LogP contribution >= 0.6 is 0 Å². The molecule has 0 fully saturated rings. The standard InChI is InChI=1S/C11H14N2O3/c12-9(6-11(13)15)10(14)7-16-8-4-2-1-3-5-8/h1-5,9H,6-7,12H2,(H2,13,15)/t9-/m1/s1. The molecule has 1 aromatic carbocycles. The molecule has 5 nitrogen and oxygen atoms in total. The van der Waals surface area contributed by atoms with Crippen LogP contribution < -0.4 is 16.2 Å². The van der Waals surface area contributed by atoms with Gasteiger partial charge in [0.25, 0.3) is 0 Å². The highest BCUT2D eigenvalue weighted by Gasteiger charge is 2.16. The predicted octanol–water partition coefficient (Wildman–Crippen LogP) is -0.163. The van der Waals surface area contributed by atoms with E-state index in [9.17, 15) is 9.59 Å². The third kappa shape index (κ3) is 4.10. The predicted molar refractivity (Wildman–Crippen MR) is 58.7 cm³/mol.